The predicted molar refractivity (Wildman–Crippen MR) is 46.9 cm³/mol. The molecule has 2 nitrogen and oxygen atoms in total. The molecule has 0 radical (unpaired) electrons. The minimum Gasteiger partial charge on any atom is -0.312 e. The molecule has 2 heterocycles. The first-order chi connectivity index (χ1) is 5.36. The fraction of sp³-hybridized carbons (Fsp3) is 0.375. The lowest BCUT2D eigenvalue weighted by Gasteiger charge is -2.15. The minimum atomic E-state index is 0.812. The van der Waals surface area contributed by atoms with E-state index in [0.717, 1.165) is 24.5 Å². The molecule has 0 spiro atoms. The van der Waals surface area contributed by atoms with Crippen LogP contribution in [0.3, 0.4) is 0 Å². The summed E-state index contributed by atoms with van der Waals surface area (Å²) in [6.45, 7) is 2.03. The van der Waals surface area contributed by atoms with Crippen molar-refractivity contribution in [3.63, 3.8) is 0 Å². The summed E-state index contributed by atoms with van der Waals surface area (Å²) in [6.07, 6.45) is 3.02. The number of fused-ring (bicyclic) bond motifs is 1. The van der Waals surface area contributed by atoms with E-state index in [9.17, 15) is 0 Å². The lowest BCUT2D eigenvalue weighted by Crippen LogP contribution is -2.23. The quantitative estimate of drug-likeness (QED) is 0.562. The van der Waals surface area contributed by atoms with Crippen LogP contribution in [-0.2, 0) is 13.0 Å². The van der Waals surface area contributed by atoms with Crippen LogP contribution in [0.25, 0.3) is 0 Å². The first-order valence-electron chi connectivity index (χ1n) is 3.74. The summed E-state index contributed by atoms with van der Waals surface area (Å²) in [4.78, 5) is 4.13. The van der Waals surface area contributed by atoms with Crippen LogP contribution in [0.15, 0.2) is 17.3 Å². The highest BCUT2D eigenvalue weighted by Crippen LogP contribution is 2.14. The van der Waals surface area contributed by atoms with Gasteiger partial charge in [0.1, 0.15) is 0 Å². The van der Waals surface area contributed by atoms with Gasteiger partial charge in [-0.3, -0.25) is 0 Å². The van der Waals surface area contributed by atoms with Crippen molar-refractivity contribution in [2.75, 3.05) is 6.54 Å². The van der Waals surface area contributed by atoms with Crippen molar-refractivity contribution in [1.29, 1.82) is 0 Å². The van der Waals surface area contributed by atoms with Crippen LogP contribution in [0, 0.1) is 0 Å². The van der Waals surface area contributed by atoms with Crippen LogP contribution in [0.1, 0.15) is 11.1 Å². The fourth-order valence-corrected chi connectivity index (χ4v) is 1.56. The van der Waals surface area contributed by atoms with Crippen molar-refractivity contribution in [2.45, 2.75) is 18.0 Å². The Morgan fingerprint density at radius 3 is 3.27 bits per heavy atom. The highest BCUT2D eigenvalue weighted by Gasteiger charge is 2.07. The summed E-state index contributed by atoms with van der Waals surface area (Å²) in [6, 6.07) is 2.03. The molecule has 11 heavy (non-hydrogen) atoms. The van der Waals surface area contributed by atoms with E-state index in [1.54, 1.807) is 0 Å². The molecule has 3 heteroatoms. The molecule has 0 saturated heterocycles. The number of aromatic nitrogens is 1. The second-order valence-corrected chi connectivity index (χ2v) is 3.20. The first-order valence-corrected chi connectivity index (χ1v) is 4.18. The first kappa shape index (κ1) is 7.13. The Morgan fingerprint density at radius 1 is 1.45 bits per heavy atom. The molecule has 0 atom stereocenters. The van der Waals surface area contributed by atoms with Gasteiger partial charge < -0.3 is 5.32 Å². The highest BCUT2D eigenvalue weighted by molar-refractivity contribution is 7.80. The third-order valence-electron chi connectivity index (χ3n) is 1.96. The number of nitrogens with one attached hydrogen (secondary N) is 1. The maximum atomic E-state index is 4.18. The van der Waals surface area contributed by atoms with Crippen LogP contribution in [0.2, 0.25) is 0 Å². The van der Waals surface area contributed by atoms with E-state index in [-0.39, 0.29) is 0 Å². The van der Waals surface area contributed by atoms with Gasteiger partial charge in [-0.25, -0.2) is 4.98 Å². The van der Waals surface area contributed by atoms with Gasteiger partial charge in [0, 0.05) is 12.7 Å². The van der Waals surface area contributed by atoms with Crippen LogP contribution >= 0.6 is 12.6 Å². The topological polar surface area (TPSA) is 24.9 Å². The average molecular weight is 166 g/mol. The van der Waals surface area contributed by atoms with E-state index in [4.69, 9.17) is 0 Å². The molecule has 0 fully saturated rings. The molecule has 2 rings (SSSR count). The second kappa shape index (κ2) is 2.83. The Labute approximate surface area is 71.4 Å². The van der Waals surface area contributed by atoms with Crippen molar-refractivity contribution < 1.29 is 0 Å². The number of hydrogen-bond donors (Lipinski definition) is 2. The van der Waals surface area contributed by atoms with E-state index in [1.807, 2.05) is 12.3 Å². The number of nitrogens with zero attached hydrogens (tertiary/aromatic N) is 1. The summed E-state index contributed by atoms with van der Waals surface area (Å²) in [7, 11) is 0. The van der Waals surface area contributed by atoms with E-state index in [0.29, 0.717) is 0 Å². The SMILES string of the molecule is Sc1cc2c(cn1)CCNC2. The number of thiol groups is 1. The van der Waals surface area contributed by atoms with Gasteiger partial charge in [0.2, 0.25) is 0 Å². The van der Waals surface area contributed by atoms with E-state index in [1.165, 1.54) is 11.1 Å². The Morgan fingerprint density at radius 2 is 2.36 bits per heavy atom. The van der Waals surface area contributed by atoms with Gasteiger partial charge in [-0.05, 0) is 30.2 Å². The van der Waals surface area contributed by atoms with Gasteiger partial charge in [-0.15, -0.1) is 12.6 Å². The van der Waals surface area contributed by atoms with Gasteiger partial charge in [0.15, 0.2) is 0 Å². The van der Waals surface area contributed by atoms with Gasteiger partial charge in [0.25, 0.3) is 0 Å². The van der Waals surface area contributed by atoms with E-state index >= 15 is 0 Å². The average Bonchev–Trinajstić information content (AvgIpc) is 2.04. The molecule has 1 aliphatic heterocycles. The lowest BCUT2D eigenvalue weighted by molar-refractivity contribution is 0.638. The molecule has 0 bridgehead atoms. The zero-order chi connectivity index (χ0) is 7.68. The molecule has 1 aliphatic rings. The minimum absolute atomic E-state index is 0.812. The maximum absolute atomic E-state index is 4.18. The van der Waals surface area contributed by atoms with Gasteiger partial charge in [-0.2, -0.15) is 0 Å². The molecular weight excluding hydrogens is 156 g/mol. The van der Waals surface area contributed by atoms with E-state index in [2.05, 4.69) is 22.9 Å². The predicted octanol–water partition coefficient (Wildman–Crippen LogP) is 1.02. The van der Waals surface area contributed by atoms with Crippen molar-refractivity contribution in [3.8, 4) is 0 Å². The van der Waals surface area contributed by atoms with Crippen molar-refractivity contribution in [2.24, 2.45) is 0 Å². The van der Waals surface area contributed by atoms with Crippen LogP contribution in [0.4, 0.5) is 0 Å². The summed E-state index contributed by atoms with van der Waals surface area (Å²) in [5.41, 5.74) is 2.71. The third kappa shape index (κ3) is 1.39. The summed E-state index contributed by atoms with van der Waals surface area (Å²) >= 11 is 4.18. The van der Waals surface area contributed by atoms with Crippen molar-refractivity contribution >= 4 is 12.6 Å². The second-order valence-electron chi connectivity index (χ2n) is 2.74. The van der Waals surface area contributed by atoms with Crippen LogP contribution < -0.4 is 5.32 Å². The Kier molecular flexibility index (Phi) is 1.84. The zero-order valence-corrected chi connectivity index (χ0v) is 7.06. The normalized spacial score (nSPS) is 16.1. The van der Waals surface area contributed by atoms with Gasteiger partial charge in [-0.1, -0.05) is 0 Å². The molecule has 0 saturated carbocycles. The third-order valence-corrected chi connectivity index (χ3v) is 2.20. The Bertz CT molecular complexity index is 273. The van der Waals surface area contributed by atoms with Crippen LogP contribution in [0.5, 0.6) is 0 Å². The van der Waals surface area contributed by atoms with Gasteiger partial charge >= 0.3 is 0 Å². The monoisotopic (exact) mass is 166 g/mol. The fourth-order valence-electron chi connectivity index (χ4n) is 1.35. The number of hydrogen-bond acceptors (Lipinski definition) is 3. The van der Waals surface area contributed by atoms with E-state index < -0.39 is 0 Å². The van der Waals surface area contributed by atoms with Crippen molar-refractivity contribution in [1.82, 2.24) is 10.3 Å². The molecule has 0 aromatic carbocycles. The Hall–Kier alpha value is -0.540. The molecule has 0 amide bonds. The maximum Gasteiger partial charge on any atom is 0.0932 e. The molecule has 1 N–H and O–H groups in total. The zero-order valence-electron chi connectivity index (χ0n) is 6.17. The number of rotatable bonds is 0. The number of pyridine rings is 1. The summed E-state index contributed by atoms with van der Waals surface area (Å²) in [5, 5.41) is 4.12. The van der Waals surface area contributed by atoms with Crippen LogP contribution in [-0.4, -0.2) is 11.5 Å². The summed E-state index contributed by atoms with van der Waals surface area (Å²) in [5.74, 6) is 0. The van der Waals surface area contributed by atoms with Gasteiger partial charge in [0.05, 0.1) is 5.03 Å². The molecule has 1 aromatic rings. The molecule has 0 aliphatic carbocycles. The summed E-state index contributed by atoms with van der Waals surface area (Å²) < 4.78 is 0. The molecule has 1 aromatic heterocycles. The highest BCUT2D eigenvalue weighted by atomic mass is 32.1. The standard InChI is InChI=1S/C8H10N2S/c11-8-3-7-4-9-2-1-6(7)5-10-8/h3,5,9H,1-2,4H2,(H,10,11). The lowest BCUT2D eigenvalue weighted by atomic mass is 10.0. The molecular formula is C8H10N2S. The Balaban J connectivity index is 2.43. The largest absolute Gasteiger partial charge is 0.312 e. The molecule has 0 unspecified atom stereocenters. The van der Waals surface area contributed by atoms with Crippen molar-refractivity contribution in [3.05, 3.63) is 23.4 Å². The smallest absolute Gasteiger partial charge is 0.0932 e. The molecule has 58 valence electrons.